The number of ether oxygens (including phenoxy) is 2. The van der Waals surface area contributed by atoms with Crippen LogP contribution in [0.1, 0.15) is 31.1 Å². The van der Waals surface area contributed by atoms with Gasteiger partial charge in [-0.3, -0.25) is 9.59 Å². The van der Waals surface area contributed by atoms with Crippen molar-refractivity contribution in [3.8, 4) is 0 Å². The summed E-state index contributed by atoms with van der Waals surface area (Å²) in [5.74, 6) is -0.623. The van der Waals surface area contributed by atoms with Gasteiger partial charge in [0.1, 0.15) is 11.1 Å². The van der Waals surface area contributed by atoms with Crippen molar-refractivity contribution in [3.63, 3.8) is 0 Å². The van der Waals surface area contributed by atoms with E-state index in [0.717, 1.165) is 0 Å². The van der Waals surface area contributed by atoms with E-state index in [1.54, 1.807) is 26.0 Å². The van der Waals surface area contributed by atoms with Crippen molar-refractivity contribution in [1.82, 2.24) is 0 Å². The zero-order valence-electron chi connectivity index (χ0n) is 12.1. The van der Waals surface area contributed by atoms with Crippen LogP contribution in [0.3, 0.4) is 0 Å². The molecule has 0 fully saturated rings. The van der Waals surface area contributed by atoms with Gasteiger partial charge >= 0.3 is 11.9 Å². The smallest absolute Gasteiger partial charge is 0.323 e. The molecule has 0 heterocycles. The maximum absolute atomic E-state index is 13.0. The Morgan fingerprint density at radius 3 is 2.33 bits per heavy atom. The third-order valence-corrected chi connectivity index (χ3v) is 3.81. The Hall–Kier alpha value is -1.56. The van der Waals surface area contributed by atoms with Gasteiger partial charge in [0.05, 0.1) is 19.6 Å². The van der Waals surface area contributed by atoms with Gasteiger partial charge in [0, 0.05) is 5.75 Å². The molecule has 116 valence electrons. The van der Waals surface area contributed by atoms with Crippen molar-refractivity contribution >= 4 is 23.7 Å². The number of hydrogen-bond acceptors (Lipinski definition) is 5. The molecular formula is C15H19FO4S. The molecule has 0 unspecified atom stereocenters. The molecule has 0 spiro atoms. The largest absolute Gasteiger partial charge is 0.466 e. The zero-order chi connectivity index (χ0) is 15.7. The fourth-order valence-electron chi connectivity index (χ4n) is 1.65. The summed E-state index contributed by atoms with van der Waals surface area (Å²) in [6, 6.07) is 5.70. The predicted octanol–water partition coefficient (Wildman–Crippen LogP) is 3.12. The molecule has 1 aromatic rings. The highest BCUT2D eigenvalue weighted by Gasteiger charge is 2.23. The van der Waals surface area contributed by atoms with Crippen LogP contribution >= 0.6 is 11.8 Å². The second kappa shape index (κ2) is 9.39. The molecule has 1 atom stereocenters. The summed E-state index contributed by atoms with van der Waals surface area (Å²) in [6.45, 7) is 4.08. The lowest BCUT2D eigenvalue weighted by molar-refractivity contribution is -0.143. The minimum Gasteiger partial charge on any atom is -0.466 e. The van der Waals surface area contributed by atoms with Crippen molar-refractivity contribution < 1.29 is 23.5 Å². The topological polar surface area (TPSA) is 52.6 Å². The fraction of sp³-hybridized carbons (Fsp3) is 0.467. The monoisotopic (exact) mass is 314 g/mol. The number of rotatable bonds is 8. The molecule has 21 heavy (non-hydrogen) atoms. The molecule has 0 aliphatic heterocycles. The minimum atomic E-state index is -0.569. The number of hydrogen-bond donors (Lipinski definition) is 0. The van der Waals surface area contributed by atoms with Crippen molar-refractivity contribution in [2.75, 3.05) is 19.0 Å². The number of halogens is 1. The van der Waals surface area contributed by atoms with Gasteiger partial charge in [-0.15, -0.1) is 11.8 Å². The highest BCUT2D eigenvalue weighted by Crippen LogP contribution is 2.31. The highest BCUT2D eigenvalue weighted by atomic mass is 32.2. The Bertz CT molecular complexity index is 461. The van der Waals surface area contributed by atoms with Crippen LogP contribution in [0.2, 0.25) is 0 Å². The van der Waals surface area contributed by atoms with E-state index in [-0.39, 0.29) is 24.8 Å². The van der Waals surface area contributed by atoms with E-state index in [9.17, 15) is 14.0 Å². The summed E-state index contributed by atoms with van der Waals surface area (Å²) < 4.78 is 22.8. The first-order valence-corrected chi connectivity index (χ1v) is 7.82. The van der Waals surface area contributed by atoms with E-state index < -0.39 is 11.2 Å². The first-order chi connectivity index (χ1) is 10.1. The molecule has 6 heteroatoms. The van der Waals surface area contributed by atoms with Gasteiger partial charge in [-0.05, 0) is 31.5 Å². The molecule has 0 aliphatic carbocycles. The molecule has 1 aromatic carbocycles. The van der Waals surface area contributed by atoms with E-state index in [2.05, 4.69) is 0 Å². The number of thioether (sulfide) groups is 1. The first-order valence-electron chi connectivity index (χ1n) is 6.77. The van der Waals surface area contributed by atoms with Gasteiger partial charge in [-0.2, -0.15) is 0 Å². The molecule has 0 bridgehead atoms. The van der Waals surface area contributed by atoms with E-state index in [4.69, 9.17) is 9.47 Å². The number of benzene rings is 1. The lowest BCUT2D eigenvalue weighted by Crippen LogP contribution is -2.15. The summed E-state index contributed by atoms with van der Waals surface area (Å²) in [5, 5.41) is -0.569. The lowest BCUT2D eigenvalue weighted by Gasteiger charge is -2.15. The molecule has 0 saturated heterocycles. The summed E-state index contributed by atoms with van der Waals surface area (Å²) in [6.07, 6.45) is 0.218. The van der Waals surface area contributed by atoms with Crippen LogP contribution in [0.4, 0.5) is 4.39 Å². The van der Waals surface area contributed by atoms with Crippen molar-refractivity contribution in [1.29, 1.82) is 0 Å². The molecule has 0 saturated carbocycles. The second-order valence-electron chi connectivity index (χ2n) is 4.11. The zero-order valence-corrected chi connectivity index (χ0v) is 13.0. The summed E-state index contributed by atoms with van der Waals surface area (Å²) in [5.41, 5.74) is 0.656. The maximum atomic E-state index is 13.0. The van der Waals surface area contributed by atoms with Crippen LogP contribution < -0.4 is 0 Å². The van der Waals surface area contributed by atoms with Gasteiger partial charge in [-0.1, -0.05) is 12.1 Å². The molecule has 0 N–H and O–H groups in total. The SMILES string of the molecule is CCOC(=O)CCS[C@@H](C(=O)OCC)c1ccc(F)cc1. The fourth-order valence-corrected chi connectivity index (χ4v) is 2.72. The van der Waals surface area contributed by atoms with Crippen LogP contribution in [0, 0.1) is 5.82 Å². The van der Waals surface area contributed by atoms with Gasteiger partial charge in [0.25, 0.3) is 0 Å². The quantitative estimate of drug-likeness (QED) is 0.690. The van der Waals surface area contributed by atoms with Crippen LogP contribution in [-0.4, -0.2) is 30.9 Å². The van der Waals surface area contributed by atoms with Gasteiger partial charge < -0.3 is 9.47 Å². The molecule has 0 amide bonds. The average molecular weight is 314 g/mol. The standard InChI is InChI=1S/C15H19FO4S/c1-3-19-13(17)9-10-21-14(15(18)20-4-2)11-5-7-12(16)8-6-11/h5-8,14H,3-4,9-10H2,1-2H3/t14-/m1/s1. The molecule has 0 radical (unpaired) electrons. The molecule has 4 nitrogen and oxygen atoms in total. The second-order valence-corrected chi connectivity index (χ2v) is 5.32. The van der Waals surface area contributed by atoms with Crippen LogP contribution in [0.25, 0.3) is 0 Å². The van der Waals surface area contributed by atoms with Crippen LogP contribution in [0.15, 0.2) is 24.3 Å². The first kappa shape index (κ1) is 17.5. The van der Waals surface area contributed by atoms with Gasteiger partial charge in [0.15, 0.2) is 0 Å². The Labute approximate surface area is 128 Å². The van der Waals surface area contributed by atoms with Crippen LogP contribution in [0.5, 0.6) is 0 Å². The Morgan fingerprint density at radius 1 is 1.14 bits per heavy atom. The molecule has 0 aromatic heterocycles. The highest BCUT2D eigenvalue weighted by molar-refractivity contribution is 8.00. The third kappa shape index (κ3) is 6.16. The minimum absolute atomic E-state index is 0.218. The Kier molecular flexibility index (Phi) is 7.82. The Morgan fingerprint density at radius 2 is 1.76 bits per heavy atom. The maximum Gasteiger partial charge on any atom is 0.323 e. The van der Waals surface area contributed by atoms with E-state index in [0.29, 0.717) is 17.9 Å². The number of carbonyl (C=O) groups excluding carboxylic acids is 2. The normalized spacial score (nSPS) is 11.8. The van der Waals surface area contributed by atoms with E-state index >= 15 is 0 Å². The van der Waals surface area contributed by atoms with Crippen molar-refractivity contribution in [2.45, 2.75) is 25.5 Å². The molecule has 1 rings (SSSR count). The number of esters is 2. The van der Waals surface area contributed by atoms with Crippen molar-refractivity contribution in [2.24, 2.45) is 0 Å². The van der Waals surface area contributed by atoms with Crippen molar-refractivity contribution in [3.05, 3.63) is 35.6 Å². The predicted molar refractivity (Wildman–Crippen MR) is 79.5 cm³/mol. The van der Waals surface area contributed by atoms with Gasteiger partial charge in [-0.25, -0.2) is 4.39 Å². The summed E-state index contributed by atoms with van der Waals surface area (Å²) in [4.78, 5) is 23.3. The summed E-state index contributed by atoms with van der Waals surface area (Å²) >= 11 is 1.28. The Balaban J connectivity index is 2.67. The van der Waals surface area contributed by atoms with E-state index in [1.165, 1.54) is 23.9 Å². The van der Waals surface area contributed by atoms with Crippen LogP contribution in [-0.2, 0) is 19.1 Å². The average Bonchev–Trinajstić information content (AvgIpc) is 2.45. The number of carbonyl (C=O) groups is 2. The lowest BCUT2D eigenvalue weighted by atomic mass is 10.1. The summed E-state index contributed by atoms with van der Waals surface area (Å²) in [7, 11) is 0. The van der Waals surface area contributed by atoms with E-state index in [1.807, 2.05) is 0 Å². The third-order valence-electron chi connectivity index (χ3n) is 2.57. The molecular weight excluding hydrogens is 295 g/mol. The molecule has 0 aliphatic rings. The van der Waals surface area contributed by atoms with Gasteiger partial charge in [0.2, 0.25) is 0 Å².